The van der Waals surface area contributed by atoms with Crippen LogP contribution in [0.2, 0.25) is 0 Å². The first-order chi connectivity index (χ1) is 11.5. The molecule has 0 unspecified atom stereocenters. The molecule has 124 valence electrons. The first-order valence-electron chi connectivity index (χ1n) is 7.85. The summed E-state index contributed by atoms with van der Waals surface area (Å²) in [6.07, 6.45) is -0.143. The second kappa shape index (κ2) is 8.77. The first kappa shape index (κ1) is 17.6. The Hall–Kier alpha value is -2.75. The fraction of sp³-hybridized carbons (Fsp3) is 0.250. The highest BCUT2D eigenvalue weighted by molar-refractivity contribution is 6.01. The van der Waals surface area contributed by atoms with Crippen molar-refractivity contribution in [3.8, 4) is 0 Å². The van der Waals surface area contributed by atoms with Crippen LogP contribution in [0, 0.1) is 6.92 Å². The van der Waals surface area contributed by atoms with Crippen LogP contribution >= 0.6 is 0 Å². The van der Waals surface area contributed by atoms with Crippen LogP contribution in [0.15, 0.2) is 54.6 Å². The Morgan fingerprint density at radius 3 is 2.38 bits per heavy atom. The largest absolute Gasteiger partial charge is 0.460 e. The Morgan fingerprint density at radius 2 is 1.67 bits per heavy atom. The lowest BCUT2D eigenvalue weighted by Crippen LogP contribution is -2.12. The van der Waals surface area contributed by atoms with Crippen molar-refractivity contribution in [3.63, 3.8) is 0 Å². The van der Waals surface area contributed by atoms with Crippen LogP contribution in [-0.2, 0) is 20.9 Å². The summed E-state index contributed by atoms with van der Waals surface area (Å²) in [6, 6.07) is 16.5. The minimum atomic E-state index is -0.563. The second-order valence-corrected chi connectivity index (χ2v) is 5.65. The molecule has 4 nitrogen and oxygen atoms in total. The molecule has 4 heteroatoms. The van der Waals surface area contributed by atoms with Gasteiger partial charge in [0.1, 0.15) is 18.8 Å². The van der Waals surface area contributed by atoms with Gasteiger partial charge in [-0.3, -0.25) is 14.4 Å². The van der Waals surface area contributed by atoms with Crippen LogP contribution in [0.1, 0.15) is 40.7 Å². The molecule has 0 aliphatic heterocycles. The number of hydrogen-bond acceptors (Lipinski definition) is 4. The molecule has 0 aromatic heterocycles. The summed E-state index contributed by atoms with van der Waals surface area (Å²) >= 11 is 0. The third-order valence-corrected chi connectivity index (χ3v) is 3.56. The molecule has 0 fully saturated rings. The zero-order valence-corrected chi connectivity index (χ0v) is 13.7. The standard InChI is InChI=1S/C20H20O4/c1-15-6-5-9-17(12-15)19(22)11-10-18(21)13-20(23)24-14-16-7-3-2-4-8-16/h2-9,12H,10-11,13-14H2,1H3. The molecular weight excluding hydrogens is 304 g/mol. The summed E-state index contributed by atoms with van der Waals surface area (Å²) < 4.78 is 5.06. The van der Waals surface area contributed by atoms with Crippen molar-refractivity contribution >= 4 is 17.5 Å². The van der Waals surface area contributed by atoms with E-state index in [9.17, 15) is 14.4 Å². The van der Waals surface area contributed by atoms with E-state index < -0.39 is 5.97 Å². The van der Waals surface area contributed by atoms with Gasteiger partial charge < -0.3 is 4.74 Å². The fourth-order valence-corrected chi connectivity index (χ4v) is 2.25. The summed E-state index contributed by atoms with van der Waals surface area (Å²) in [6.45, 7) is 2.06. The number of aryl methyl sites for hydroxylation is 1. The van der Waals surface area contributed by atoms with Crippen molar-refractivity contribution in [2.75, 3.05) is 0 Å². The Morgan fingerprint density at radius 1 is 0.917 bits per heavy atom. The van der Waals surface area contributed by atoms with Gasteiger partial charge in [-0.05, 0) is 18.6 Å². The van der Waals surface area contributed by atoms with E-state index in [1.54, 1.807) is 12.1 Å². The number of benzene rings is 2. The van der Waals surface area contributed by atoms with E-state index in [0.29, 0.717) is 5.56 Å². The third-order valence-electron chi connectivity index (χ3n) is 3.56. The van der Waals surface area contributed by atoms with Crippen LogP contribution in [0.4, 0.5) is 0 Å². The lowest BCUT2D eigenvalue weighted by molar-refractivity contribution is -0.147. The minimum absolute atomic E-state index is 0.0488. The Bertz CT molecular complexity index is 719. The Balaban J connectivity index is 1.72. The molecule has 0 atom stereocenters. The quantitative estimate of drug-likeness (QED) is 0.422. The van der Waals surface area contributed by atoms with E-state index in [4.69, 9.17) is 4.74 Å². The van der Waals surface area contributed by atoms with Crippen LogP contribution < -0.4 is 0 Å². The van der Waals surface area contributed by atoms with Gasteiger partial charge in [-0.15, -0.1) is 0 Å². The smallest absolute Gasteiger partial charge is 0.313 e. The molecule has 2 aromatic carbocycles. The molecule has 2 rings (SSSR count). The maximum Gasteiger partial charge on any atom is 0.313 e. The van der Waals surface area contributed by atoms with Gasteiger partial charge in [-0.25, -0.2) is 0 Å². The van der Waals surface area contributed by atoms with E-state index in [1.807, 2.05) is 49.4 Å². The molecule has 0 saturated carbocycles. The monoisotopic (exact) mass is 324 g/mol. The average molecular weight is 324 g/mol. The Labute approximate surface area is 141 Å². The number of Topliss-reactive ketones (excluding diaryl/α,β-unsaturated/α-hetero) is 2. The summed E-state index contributed by atoms with van der Waals surface area (Å²) in [5, 5.41) is 0. The SMILES string of the molecule is Cc1cccc(C(=O)CCC(=O)CC(=O)OCc2ccccc2)c1. The first-order valence-corrected chi connectivity index (χ1v) is 7.85. The molecule has 0 amide bonds. The van der Waals surface area contributed by atoms with Gasteiger partial charge in [0.15, 0.2) is 5.78 Å². The third kappa shape index (κ3) is 5.80. The highest BCUT2D eigenvalue weighted by Gasteiger charge is 2.14. The van der Waals surface area contributed by atoms with Crippen molar-refractivity contribution in [1.82, 2.24) is 0 Å². The lowest BCUT2D eigenvalue weighted by atomic mass is 10.0. The van der Waals surface area contributed by atoms with Gasteiger partial charge >= 0.3 is 5.97 Å². The predicted octanol–water partition coefficient (Wildman–Crippen LogP) is 3.66. The van der Waals surface area contributed by atoms with E-state index in [2.05, 4.69) is 0 Å². The van der Waals surface area contributed by atoms with Crippen molar-refractivity contribution in [3.05, 3.63) is 71.3 Å². The summed E-state index contributed by atoms with van der Waals surface area (Å²) in [7, 11) is 0. The molecule has 0 spiro atoms. The molecule has 0 N–H and O–H groups in total. The maximum atomic E-state index is 12.0. The molecule has 24 heavy (non-hydrogen) atoms. The van der Waals surface area contributed by atoms with E-state index in [-0.39, 0.29) is 37.4 Å². The average Bonchev–Trinajstić information content (AvgIpc) is 2.59. The van der Waals surface area contributed by atoms with Crippen LogP contribution in [-0.4, -0.2) is 17.5 Å². The maximum absolute atomic E-state index is 12.0. The van der Waals surface area contributed by atoms with Crippen molar-refractivity contribution in [1.29, 1.82) is 0 Å². The Kier molecular flexibility index (Phi) is 6.43. The molecule has 0 aliphatic carbocycles. The van der Waals surface area contributed by atoms with Crippen molar-refractivity contribution in [2.24, 2.45) is 0 Å². The zero-order valence-electron chi connectivity index (χ0n) is 13.7. The number of ether oxygens (including phenoxy) is 1. The van der Waals surface area contributed by atoms with Gasteiger partial charge in [0.25, 0.3) is 0 Å². The van der Waals surface area contributed by atoms with Gasteiger partial charge in [0.05, 0.1) is 0 Å². The molecule has 0 heterocycles. The summed E-state index contributed by atoms with van der Waals surface area (Å²) in [4.78, 5) is 35.5. The predicted molar refractivity (Wildman–Crippen MR) is 90.6 cm³/mol. The highest BCUT2D eigenvalue weighted by atomic mass is 16.5. The molecule has 0 saturated heterocycles. The van der Waals surface area contributed by atoms with Gasteiger partial charge in [-0.2, -0.15) is 0 Å². The lowest BCUT2D eigenvalue weighted by Gasteiger charge is -2.05. The minimum Gasteiger partial charge on any atom is -0.460 e. The van der Waals surface area contributed by atoms with E-state index in [0.717, 1.165) is 11.1 Å². The van der Waals surface area contributed by atoms with Crippen LogP contribution in [0.25, 0.3) is 0 Å². The number of carbonyl (C=O) groups excluding carboxylic acids is 3. The zero-order chi connectivity index (χ0) is 17.4. The normalized spacial score (nSPS) is 10.2. The summed E-state index contributed by atoms with van der Waals surface area (Å²) in [5.41, 5.74) is 2.46. The van der Waals surface area contributed by atoms with Crippen molar-refractivity contribution in [2.45, 2.75) is 32.8 Å². The molecule has 0 aliphatic rings. The van der Waals surface area contributed by atoms with E-state index >= 15 is 0 Å². The van der Waals surface area contributed by atoms with Crippen molar-refractivity contribution < 1.29 is 19.1 Å². The molecule has 2 aromatic rings. The summed E-state index contributed by atoms with van der Waals surface area (Å²) in [5.74, 6) is -0.939. The van der Waals surface area contributed by atoms with E-state index in [1.165, 1.54) is 0 Å². The fourth-order valence-electron chi connectivity index (χ4n) is 2.25. The topological polar surface area (TPSA) is 60.4 Å². The number of carbonyl (C=O) groups is 3. The number of ketones is 2. The van der Waals surface area contributed by atoms with Gasteiger partial charge in [0.2, 0.25) is 0 Å². The van der Waals surface area contributed by atoms with Gasteiger partial charge in [0, 0.05) is 18.4 Å². The molecule has 0 radical (unpaired) electrons. The second-order valence-electron chi connectivity index (χ2n) is 5.65. The van der Waals surface area contributed by atoms with Gasteiger partial charge in [-0.1, -0.05) is 54.1 Å². The highest BCUT2D eigenvalue weighted by Crippen LogP contribution is 2.10. The molecule has 0 bridgehead atoms. The number of rotatable bonds is 8. The van der Waals surface area contributed by atoms with Crippen LogP contribution in [0.3, 0.4) is 0 Å². The number of esters is 1. The van der Waals surface area contributed by atoms with Crippen LogP contribution in [0.5, 0.6) is 0 Å². The number of hydrogen-bond donors (Lipinski definition) is 0. The molecular formula is C20H20O4.